The van der Waals surface area contributed by atoms with Crippen molar-refractivity contribution in [1.82, 2.24) is 15.1 Å². The van der Waals surface area contributed by atoms with Crippen LogP contribution in [0.1, 0.15) is 17.0 Å². The van der Waals surface area contributed by atoms with Crippen LogP contribution in [0.2, 0.25) is 0 Å². The van der Waals surface area contributed by atoms with Crippen molar-refractivity contribution >= 4 is 15.9 Å². The number of methoxy groups -OCH3 is 1. The van der Waals surface area contributed by atoms with Crippen LogP contribution >= 0.6 is 15.9 Å². The third kappa shape index (κ3) is 5.26. The van der Waals surface area contributed by atoms with E-state index in [0.29, 0.717) is 5.92 Å². The number of aryl methyl sites for hydroxylation is 1. The molecule has 1 atom stereocenters. The zero-order valence-electron chi connectivity index (χ0n) is 12.6. The number of rotatable bonds is 8. The molecule has 0 aliphatic heterocycles. The summed E-state index contributed by atoms with van der Waals surface area (Å²) in [6.45, 7) is 2.53. The maximum absolute atomic E-state index is 5.09. The summed E-state index contributed by atoms with van der Waals surface area (Å²) in [7, 11) is 3.68. The van der Waals surface area contributed by atoms with Gasteiger partial charge in [-0.05, 0) is 29.7 Å². The predicted molar refractivity (Wildman–Crippen MR) is 88.5 cm³/mol. The molecular formula is C16H22BrN3O. The van der Waals surface area contributed by atoms with Gasteiger partial charge in [0, 0.05) is 43.8 Å². The molecule has 21 heavy (non-hydrogen) atoms. The van der Waals surface area contributed by atoms with Crippen LogP contribution in [0.25, 0.3) is 0 Å². The molecule has 0 radical (unpaired) electrons. The second-order valence-electron chi connectivity index (χ2n) is 5.18. The standard InChI is InChI=1S/C16H22BrN3O/c1-20-12-13(10-19-20)8-15(11-18-6-7-21-2)14-4-3-5-16(17)9-14/h3-5,9-10,12,15,18H,6-8,11H2,1-2H3. The predicted octanol–water partition coefficient (Wildman–Crippen LogP) is 2.74. The molecule has 4 nitrogen and oxygen atoms in total. The number of halogens is 1. The van der Waals surface area contributed by atoms with E-state index in [2.05, 4.69) is 56.8 Å². The van der Waals surface area contributed by atoms with Gasteiger partial charge in [-0.3, -0.25) is 4.68 Å². The molecule has 0 fully saturated rings. The lowest BCUT2D eigenvalue weighted by Crippen LogP contribution is -2.26. The van der Waals surface area contributed by atoms with E-state index in [9.17, 15) is 0 Å². The first kappa shape index (κ1) is 16.2. The Morgan fingerprint density at radius 1 is 1.43 bits per heavy atom. The van der Waals surface area contributed by atoms with Crippen molar-refractivity contribution in [3.8, 4) is 0 Å². The monoisotopic (exact) mass is 351 g/mol. The fourth-order valence-corrected chi connectivity index (χ4v) is 2.80. The van der Waals surface area contributed by atoms with Crippen LogP contribution in [-0.2, 0) is 18.2 Å². The minimum Gasteiger partial charge on any atom is -0.383 e. The third-order valence-corrected chi connectivity index (χ3v) is 3.93. The van der Waals surface area contributed by atoms with Crippen molar-refractivity contribution in [2.45, 2.75) is 12.3 Å². The maximum Gasteiger partial charge on any atom is 0.0587 e. The van der Waals surface area contributed by atoms with E-state index in [1.807, 2.05) is 17.9 Å². The molecule has 5 heteroatoms. The van der Waals surface area contributed by atoms with Gasteiger partial charge in [0.25, 0.3) is 0 Å². The van der Waals surface area contributed by atoms with Gasteiger partial charge in [0.1, 0.15) is 0 Å². The summed E-state index contributed by atoms with van der Waals surface area (Å²) in [6, 6.07) is 8.52. The average molecular weight is 352 g/mol. The zero-order chi connectivity index (χ0) is 15.1. The molecule has 0 saturated heterocycles. The molecular weight excluding hydrogens is 330 g/mol. The van der Waals surface area contributed by atoms with Gasteiger partial charge in [-0.25, -0.2) is 0 Å². The fraction of sp³-hybridized carbons (Fsp3) is 0.438. The van der Waals surface area contributed by atoms with Gasteiger partial charge < -0.3 is 10.1 Å². The summed E-state index contributed by atoms with van der Waals surface area (Å²) in [5.41, 5.74) is 2.59. The third-order valence-electron chi connectivity index (χ3n) is 3.43. The summed E-state index contributed by atoms with van der Waals surface area (Å²) >= 11 is 3.56. The topological polar surface area (TPSA) is 39.1 Å². The Hall–Kier alpha value is -1.17. The van der Waals surface area contributed by atoms with Crippen molar-refractivity contribution in [3.05, 3.63) is 52.3 Å². The second-order valence-corrected chi connectivity index (χ2v) is 6.09. The van der Waals surface area contributed by atoms with Gasteiger partial charge in [0.05, 0.1) is 12.8 Å². The molecule has 2 aromatic rings. The molecule has 1 aromatic heterocycles. The first-order chi connectivity index (χ1) is 10.2. The molecule has 1 aromatic carbocycles. The van der Waals surface area contributed by atoms with Crippen molar-refractivity contribution < 1.29 is 4.74 Å². The van der Waals surface area contributed by atoms with Crippen molar-refractivity contribution in [2.75, 3.05) is 26.8 Å². The Balaban J connectivity index is 2.06. The van der Waals surface area contributed by atoms with Crippen LogP contribution in [-0.4, -0.2) is 36.6 Å². The molecule has 114 valence electrons. The molecule has 0 bridgehead atoms. The largest absolute Gasteiger partial charge is 0.383 e. The average Bonchev–Trinajstić information content (AvgIpc) is 2.87. The number of aromatic nitrogens is 2. The first-order valence-electron chi connectivity index (χ1n) is 7.11. The summed E-state index contributed by atoms with van der Waals surface area (Å²) in [5.74, 6) is 0.420. The zero-order valence-corrected chi connectivity index (χ0v) is 14.1. The van der Waals surface area contributed by atoms with Crippen LogP contribution in [0, 0.1) is 0 Å². The highest BCUT2D eigenvalue weighted by molar-refractivity contribution is 9.10. The lowest BCUT2D eigenvalue weighted by atomic mass is 9.93. The first-order valence-corrected chi connectivity index (χ1v) is 7.91. The second kappa shape index (κ2) is 8.32. The molecule has 2 rings (SSSR count). The van der Waals surface area contributed by atoms with E-state index in [1.165, 1.54) is 11.1 Å². The fourth-order valence-electron chi connectivity index (χ4n) is 2.38. The quantitative estimate of drug-likeness (QED) is 0.743. The summed E-state index contributed by atoms with van der Waals surface area (Å²) in [6.07, 6.45) is 5.00. The van der Waals surface area contributed by atoms with Crippen molar-refractivity contribution in [2.24, 2.45) is 7.05 Å². The molecule has 0 aliphatic carbocycles. The Bertz CT molecular complexity index is 556. The summed E-state index contributed by atoms with van der Waals surface area (Å²) in [4.78, 5) is 0. The van der Waals surface area contributed by atoms with E-state index in [0.717, 1.165) is 30.6 Å². The highest BCUT2D eigenvalue weighted by Crippen LogP contribution is 2.23. The van der Waals surface area contributed by atoms with E-state index >= 15 is 0 Å². The summed E-state index contributed by atoms with van der Waals surface area (Å²) in [5, 5.41) is 7.72. The highest BCUT2D eigenvalue weighted by atomic mass is 79.9. The number of nitrogens with one attached hydrogen (secondary N) is 1. The van der Waals surface area contributed by atoms with Gasteiger partial charge in [0.15, 0.2) is 0 Å². The van der Waals surface area contributed by atoms with Crippen LogP contribution < -0.4 is 5.32 Å². The Kier molecular flexibility index (Phi) is 6.42. The minimum atomic E-state index is 0.420. The Morgan fingerprint density at radius 2 is 2.29 bits per heavy atom. The van der Waals surface area contributed by atoms with Gasteiger partial charge in [-0.1, -0.05) is 28.1 Å². The van der Waals surface area contributed by atoms with E-state index in [1.54, 1.807) is 7.11 Å². The van der Waals surface area contributed by atoms with Gasteiger partial charge in [0.2, 0.25) is 0 Å². The van der Waals surface area contributed by atoms with Gasteiger partial charge in [-0.15, -0.1) is 0 Å². The van der Waals surface area contributed by atoms with Crippen LogP contribution in [0.5, 0.6) is 0 Å². The van der Waals surface area contributed by atoms with Crippen molar-refractivity contribution in [1.29, 1.82) is 0 Å². The lowest BCUT2D eigenvalue weighted by molar-refractivity contribution is 0.199. The number of hydrogen-bond acceptors (Lipinski definition) is 3. The lowest BCUT2D eigenvalue weighted by Gasteiger charge is -2.18. The molecule has 1 heterocycles. The van der Waals surface area contributed by atoms with Crippen molar-refractivity contribution in [3.63, 3.8) is 0 Å². The molecule has 0 amide bonds. The van der Waals surface area contributed by atoms with Gasteiger partial charge in [-0.2, -0.15) is 5.10 Å². The molecule has 1 unspecified atom stereocenters. The smallest absolute Gasteiger partial charge is 0.0587 e. The minimum absolute atomic E-state index is 0.420. The number of ether oxygens (including phenoxy) is 1. The van der Waals surface area contributed by atoms with E-state index in [4.69, 9.17) is 4.74 Å². The molecule has 0 spiro atoms. The molecule has 0 saturated carbocycles. The van der Waals surface area contributed by atoms with E-state index in [-0.39, 0.29) is 0 Å². The maximum atomic E-state index is 5.09. The van der Waals surface area contributed by atoms with Gasteiger partial charge >= 0.3 is 0 Å². The highest BCUT2D eigenvalue weighted by Gasteiger charge is 2.13. The molecule has 1 N–H and O–H groups in total. The number of hydrogen-bond donors (Lipinski definition) is 1. The number of nitrogens with zero attached hydrogens (tertiary/aromatic N) is 2. The van der Waals surface area contributed by atoms with Crippen LogP contribution in [0.15, 0.2) is 41.1 Å². The van der Waals surface area contributed by atoms with Crippen LogP contribution in [0.3, 0.4) is 0 Å². The molecule has 0 aliphatic rings. The normalized spacial score (nSPS) is 12.5. The van der Waals surface area contributed by atoms with Crippen LogP contribution in [0.4, 0.5) is 0 Å². The number of benzene rings is 1. The van der Waals surface area contributed by atoms with E-state index < -0.39 is 0 Å². The summed E-state index contributed by atoms with van der Waals surface area (Å²) < 4.78 is 8.06. The Labute approximate surface area is 134 Å². The Morgan fingerprint density at radius 3 is 2.95 bits per heavy atom. The SMILES string of the molecule is COCCNCC(Cc1cnn(C)c1)c1cccc(Br)c1.